The van der Waals surface area contributed by atoms with Crippen molar-refractivity contribution in [2.45, 2.75) is 25.3 Å². The molecule has 0 spiro atoms. The standard InChI is InChI=1S/C14H20N4S/c15-14(19)13-5-4-11(9-16-13)18-8-7-17-6-2-1-3-12(17)10-18/h4-5,9,12H,1-3,6-8,10H2,(H2,15,19). The zero-order valence-corrected chi connectivity index (χ0v) is 11.9. The predicted octanol–water partition coefficient (Wildman–Crippen LogP) is 1.39. The van der Waals surface area contributed by atoms with Crippen LogP contribution in [-0.2, 0) is 0 Å². The number of nitrogens with zero attached hydrogens (tertiary/aromatic N) is 3. The lowest BCUT2D eigenvalue weighted by Crippen LogP contribution is -2.54. The van der Waals surface area contributed by atoms with Crippen LogP contribution in [0, 0.1) is 0 Å². The molecule has 3 heterocycles. The maximum Gasteiger partial charge on any atom is 0.122 e. The smallest absolute Gasteiger partial charge is 0.122 e. The van der Waals surface area contributed by atoms with E-state index in [0.717, 1.165) is 19.1 Å². The van der Waals surface area contributed by atoms with Gasteiger partial charge in [-0.15, -0.1) is 0 Å². The van der Waals surface area contributed by atoms with Crippen LogP contribution >= 0.6 is 12.2 Å². The first-order valence-corrected chi connectivity index (χ1v) is 7.40. The van der Waals surface area contributed by atoms with E-state index < -0.39 is 0 Å². The minimum absolute atomic E-state index is 0.364. The predicted molar refractivity (Wildman–Crippen MR) is 81.5 cm³/mol. The molecule has 1 aromatic rings. The number of hydrogen-bond donors (Lipinski definition) is 1. The number of fused-ring (bicyclic) bond motifs is 1. The van der Waals surface area contributed by atoms with E-state index in [1.165, 1.54) is 38.0 Å². The van der Waals surface area contributed by atoms with Crippen molar-refractivity contribution >= 4 is 22.9 Å². The molecule has 0 radical (unpaired) electrons. The summed E-state index contributed by atoms with van der Waals surface area (Å²) in [7, 11) is 0. The minimum Gasteiger partial charge on any atom is -0.388 e. The van der Waals surface area contributed by atoms with E-state index in [0.29, 0.717) is 10.7 Å². The highest BCUT2D eigenvalue weighted by molar-refractivity contribution is 7.80. The van der Waals surface area contributed by atoms with Crippen molar-refractivity contribution in [1.29, 1.82) is 0 Å². The van der Waals surface area contributed by atoms with E-state index in [4.69, 9.17) is 18.0 Å². The lowest BCUT2D eigenvalue weighted by molar-refractivity contribution is 0.133. The second kappa shape index (κ2) is 5.43. The molecule has 0 aromatic carbocycles. The molecule has 2 aliphatic rings. The Morgan fingerprint density at radius 1 is 1.26 bits per heavy atom. The number of piperazine rings is 1. The third-order valence-corrected chi connectivity index (χ3v) is 4.41. The highest BCUT2D eigenvalue weighted by Gasteiger charge is 2.28. The largest absolute Gasteiger partial charge is 0.388 e. The van der Waals surface area contributed by atoms with E-state index in [9.17, 15) is 0 Å². The van der Waals surface area contributed by atoms with Gasteiger partial charge in [-0.2, -0.15) is 0 Å². The summed E-state index contributed by atoms with van der Waals surface area (Å²) in [5.74, 6) is 0. The molecule has 1 unspecified atom stereocenters. The van der Waals surface area contributed by atoms with Crippen molar-refractivity contribution in [3.05, 3.63) is 24.0 Å². The van der Waals surface area contributed by atoms with Gasteiger partial charge in [-0.3, -0.25) is 9.88 Å². The Hall–Kier alpha value is -1.20. The molecule has 3 rings (SSSR count). The summed E-state index contributed by atoms with van der Waals surface area (Å²) in [5, 5.41) is 0. The van der Waals surface area contributed by atoms with Crippen LogP contribution in [-0.4, -0.2) is 47.1 Å². The van der Waals surface area contributed by atoms with E-state index >= 15 is 0 Å². The monoisotopic (exact) mass is 276 g/mol. The van der Waals surface area contributed by atoms with E-state index in [-0.39, 0.29) is 0 Å². The molecule has 2 aliphatic heterocycles. The molecular weight excluding hydrogens is 256 g/mol. The number of nitrogens with two attached hydrogens (primary N) is 1. The molecule has 4 nitrogen and oxygen atoms in total. The van der Waals surface area contributed by atoms with Crippen LogP contribution in [0.1, 0.15) is 25.0 Å². The first-order valence-electron chi connectivity index (χ1n) is 6.99. The molecule has 19 heavy (non-hydrogen) atoms. The van der Waals surface area contributed by atoms with Crippen LogP contribution in [0.15, 0.2) is 18.3 Å². The van der Waals surface area contributed by atoms with Gasteiger partial charge in [0.05, 0.1) is 17.6 Å². The minimum atomic E-state index is 0.364. The fourth-order valence-corrected chi connectivity index (χ4v) is 3.23. The van der Waals surface area contributed by atoms with Crippen molar-refractivity contribution in [3.8, 4) is 0 Å². The molecule has 0 bridgehead atoms. The van der Waals surface area contributed by atoms with E-state index in [2.05, 4.69) is 20.9 Å². The van der Waals surface area contributed by atoms with Crippen molar-refractivity contribution in [3.63, 3.8) is 0 Å². The van der Waals surface area contributed by atoms with Crippen molar-refractivity contribution < 1.29 is 0 Å². The molecular formula is C14H20N4S. The van der Waals surface area contributed by atoms with Crippen LogP contribution in [0.4, 0.5) is 5.69 Å². The van der Waals surface area contributed by atoms with Crippen molar-refractivity contribution in [1.82, 2.24) is 9.88 Å². The van der Waals surface area contributed by atoms with Gasteiger partial charge in [0, 0.05) is 25.7 Å². The van der Waals surface area contributed by atoms with Gasteiger partial charge in [0.2, 0.25) is 0 Å². The first-order chi connectivity index (χ1) is 9.24. The number of thiocarbonyl (C=S) groups is 1. The summed E-state index contributed by atoms with van der Waals surface area (Å²) >= 11 is 4.93. The molecule has 2 N–H and O–H groups in total. The van der Waals surface area contributed by atoms with Crippen LogP contribution in [0.25, 0.3) is 0 Å². The maximum atomic E-state index is 5.58. The molecule has 0 aliphatic carbocycles. The highest BCUT2D eigenvalue weighted by Crippen LogP contribution is 2.24. The van der Waals surface area contributed by atoms with Gasteiger partial charge < -0.3 is 10.6 Å². The molecule has 2 saturated heterocycles. The third kappa shape index (κ3) is 2.72. The second-order valence-corrected chi connectivity index (χ2v) is 5.84. The number of rotatable bonds is 2. The molecule has 102 valence electrons. The number of hydrogen-bond acceptors (Lipinski definition) is 4. The fourth-order valence-electron chi connectivity index (χ4n) is 3.11. The fraction of sp³-hybridized carbons (Fsp3) is 0.571. The first kappa shape index (κ1) is 12.8. The van der Waals surface area contributed by atoms with E-state index in [1.807, 2.05) is 12.3 Å². The van der Waals surface area contributed by atoms with Gasteiger partial charge in [-0.1, -0.05) is 18.6 Å². The van der Waals surface area contributed by atoms with Gasteiger partial charge in [0.15, 0.2) is 0 Å². The number of aromatic nitrogens is 1. The summed E-state index contributed by atoms with van der Waals surface area (Å²) < 4.78 is 0. The van der Waals surface area contributed by atoms with Gasteiger partial charge in [0.25, 0.3) is 0 Å². The average molecular weight is 276 g/mol. The Kier molecular flexibility index (Phi) is 3.66. The lowest BCUT2D eigenvalue weighted by Gasteiger charge is -2.44. The Labute approximate surface area is 119 Å². The molecule has 1 atom stereocenters. The molecule has 0 saturated carbocycles. The van der Waals surface area contributed by atoms with Crippen molar-refractivity contribution in [2.75, 3.05) is 31.1 Å². The molecule has 1 aromatic heterocycles. The van der Waals surface area contributed by atoms with Crippen LogP contribution in [0.2, 0.25) is 0 Å². The molecule has 2 fully saturated rings. The number of piperidine rings is 1. The quantitative estimate of drug-likeness (QED) is 0.827. The summed E-state index contributed by atoms with van der Waals surface area (Å²) in [4.78, 5) is 9.77. The molecule has 0 amide bonds. The second-order valence-electron chi connectivity index (χ2n) is 5.40. The lowest BCUT2D eigenvalue weighted by atomic mass is 9.99. The normalized spacial score (nSPS) is 24.0. The average Bonchev–Trinajstić information content (AvgIpc) is 2.47. The number of anilines is 1. The van der Waals surface area contributed by atoms with Gasteiger partial charge in [-0.25, -0.2) is 0 Å². The number of pyridine rings is 1. The van der Waals surface area contributed by atoms with Gasteiger partial charge in [0.1, 0.15) is 4.99 Å². The van der Waals surface area contributed by atoms with Crippen LogP contribution in [0.3, 0.4) is 0 Å². The van der Waals surface area contributed by atoms with Gasteiger partial charge >= 0.3 is 0 Å². The summed E-state index contributed by atoms with van der Waals surface area (Å²) in [6, 6.07) is 4.73. The van der Waals surface area contributed by atoms with Crippen molar-refractivity contribution in [2.24, 2.45) is 5.73 Å². The SMILES string of the molecule is NC(=S)c1ccc(N2CCN3CCCCC3C2)cn1. The maximum absolute atomic E-state index is 5.58. The topological polar surface area (TPSA) is 45.4 Å². The Morgan fingerprint density at radius 2 is 2.16 bits per heavy atom. The van der Waals surface area contributed by atoms with E-state index in [1.54, 1.807) is 0 Å². The third-order valence-electron chi connectivity index (χ3n) is 4.20. The Morgan fingerprint density at radius 3 is 2.89 bits per heavy atom. The summed E-state index contributed by atoms with van der Waals surface area (Å²) in [6.07, 6.45) is 5.95. The zero-order valence-electron chi connectivity index (χ0n) is 11.1. The van der Waals surface area contributed by atoms with Crippen LogP contribution in [0.5, 0.6) is 0 Å². The van der Waals surface area contributed by atoms with Crippen LogP contribution < -0.4 is 10.6 Å². The highest BCUT2D eigenvalue weighted by atomic mass is 32.1. The molecule has 5 heteroatoms. The summed E-state index contributed by atoms with van der Waals surface area (Å²) in [6.45, 7) is 4.65. The summed E-state index contributed by atoms with van der Waals surface area (Å²) in [5.41, 5.74) is 7.47. The Bertz CT molecular complexity index is 459. The Balaban J connectivity index is 1.70. The van der Waals surface area contributed by atoms with Gasteiger partial charge in [-0.05, 0) is 31.5 Å². The zero-order chi connectivity index (χ0) is 13.2.